The Kier molecular flexibility index (Phi) is 10.6. The molecule has 0 aliphatic carbocycles. The monoisotopic (exact) mass is 806 g/mol. The molecule has 2 aliphatic heterocycles. The largest absolute Gasteiger partial charge is 0.486 e. The van der Waals surface area contributed by atoms with E-state index in [4.69, 9.17) is 30.5 Å². The molecule has 59 heavy (non-hydrogen) atoms. The van der Waals surface area contributed by atoms with E-state index in [1.807, 2.05) is 24.3 Å². The van der Waals surface area contributed by atoms with Crippen molar-refractivity contribution in [1.29, 1.82) is 0 Å². The molecule has 0 N–H and O–H groups in total. The predicted molar refractivity (Wildman–Crippen MR) is 244 cm³/mol. The third-order valence-electron chi connectivity index (χ3n) is 11.2. The predicted octanol–water partition coefficient (Wildman–Crippen LogP) is 14.4. The smallest absolute Gasteiger partial charge is 0.163 e. The summed E-state index contributed by atoms with van der Waals surface area (Å²) in [5.41, 5.74) is 11.2. The molecule has 0 amide bonds. The van der Waals surface area contributed by atoms with Crippen molar-refractivity contribution < 1.29 is 18.9 Å². The van der Waals surface area contributed by atoms with E-state index >= 15 is 0 Å². The number of nitrogens with zero attached hydrogens (tertiary/aromatic N) is 2. The molecule has 0 atom stereocenters. The van der Waals surface area contributed by atoms with Crippen LogP contribution in [-0.2, 0) is 16.2 Å². The van der Waals surface area contributed by atoms with Gasteiger partial charge in [0.1, 0.15) is 26.4 Å². The van der Waals surface area contributed by atoms with E-state index in [9.17, 15) is 0 Å². The number of anilines is 6. The van der Waals surface area contributed by atoms with Gasteiger partial charge in [-0.2, -0.15) is 0 Å². The minimum Gasteiger partial charge on any atom is -0.486 e. The van der Waals surface area contributed by atoms with Crippen molar-refractivity contribution in [1.82, 2.24) is 0 Å². The van der Waals surface area contributed by atoms with Crippen molar-refractivity contribution in [2.75, 3.05) is 36.2 Å². The van der Waals surface area contributed by atoms with Crippen LogP contribution in [0.1, 0.15) is 79.0 Å². The lowest BCUT2D eigenvalue weighted by Crippen LogP contribution is -2.18. The Hall–Kier alpha value is -5.59. The van der Waals surface area contributed by atoms with Crippen molar-refractivity contribution in [2.45, 2.75) is 78.6 Å². The van der Waals surface area contributed by atoms with Crippen LogP contribution in [0.25, 0.3) is 11.1 Å². The number of ether oxygens (including phenoxy) is 4. The summed E-state index contributed by atoms with van der Waals surface area (Å²) in [4.78, 5) is 4.46. The van der Waals surface area contributed by atoms with Crippen LogP contribution in [0, 0.1) is 0 Å². The Bertz CT molecular complexity index is 2340. The van der Waals surface area contributed by atoms with Crippen LogP contribution < -0.4 is 28.7 Å². The highest BCUT2D eigenvalue weighted by Crippen LogP contribution is 2.51. The average Bonchev–Trinajstić information content (AvgIpc) is 3.21. The van der Waals surface area contributed by atoms with Gasteiger partial charge in [0, 0.05) is 23.5 Å². The molecule has 0 aromatic heterocycles. The van der Waals surface area contributed by atoms with E-state index < -0.39 is 0 Å². The fourth-order valence-corrected chi connectivity index (χ4v) is 7.94. The molecule has 304 valence electrons. The molecule has 6 aromatic rings. The molecule has 2 heterocycles. The number of hydrogen-bond acceptors (Lipinski definition) is 6. The second kappa shape index (κ2) is 15.5. The first kappa shape index (κ1) is 40.2. The zero-order valence-corrected chi connectivity index (χ0v) is 36.5. The summed E-state index contributed by atoms with van der Waals surface area (Å²) in [5, 5.41) is 0.574. The maximum Gasteiger partial charge on any atom is 0.163 e. The second-order valence-electron chi connectivity index (χ2n) is 18.6. The third-order valence-corrected chi connectivity index (χ3v) is 11.5. The van der Waals surface area contributed by atoms with Crippen molar-refractivity contribution in [3.8, 4) is 34.1 Å². The molecular formula is C52H55ClN2O4. The van der Waals surface area contributed by atoms with Gasteiger partial charge < -0.3 is 28.7 Å². The quantitative estimate of drug-likeness (QED) is 0.160. The van der Waals surface area contributed by atoms with Gasteiger partial charge in [0.15, 0.2) is 23.0 Å². The Balaban J connectivity index is 1.40. The maximum atomic E-state index is 7.94. The number of fused-ring (bicyclic) bond motifs is 2. The van der Waals surface area contributed by atoms with Crippen LogP contribution in [0.15, 0.2) is 121 Å². The lowest BCUT2D eigenvalue weighted by atomic mass is 9.86. The molecule has 6 nitrogen and oxygen atoms in total. The Morgan fingerprint density at radius 3 is 1.07 bits per heavy atom. The summed E-state index contributed by atoms with van der Waals surface area (Å²) >= 11 is 7.94. The van der Waals surface area contributed by atoms with Gasteiger partial charge in [0.2, 0.25) is 0 Å². The molecule has 0 saturated carbocycles. The topological polar surface area (TPSA) is 43.4 Å². The molecule has 0 radical (unpaired) electrons. The van der Waals surface area contributed by atoms with Gasteiger partial charge in [-0.15, -0.1) is 0 Å². The highest BCUT2D eigenvalue weighted by molar-refractivity contribution is 6.37. The first-order valence-corrected chi connectivity index (χ1v) is 21.0. The highest BCUT2D eigenvalue weighted by Gasteiger charge is 2.28. The minimum atomic E-state index is -0.00454. The standard InChI is InChI=1S/C52H55ClN2O4/c1-50(2,3)36-12-10-34(11-13-36)35-30-43(54(39-18-14-37(15-19-39)51(4,5)6)40-20-16-38(17-21-40)52(7,8)9)49(53)44(31-35)55(41-22-24-45-47(32-41)58-28-26-56-45)42-23-25-46-48(33-42)59-29-27-57-46/h10-25,30-33H,26-29H2,1-9H3. The van der Waals surface area contributed by atoms with Crippen LogP contribution in [0.3, 0.4) is 0 Å². The average molecular weight is 807 g/mol. The molecule has 0 bridgehead atoms. The Morgan fingerprint density at radius 2 is 0.695 bits per heavy atom. The molecular weight excluding hydrogens is 752 g/mol. The summed E-state index contributed by atoms with van der Waals surface area (Å²) in [6.07, 6.45) is 0. The summed E-state index contributed by atoms with van der Waals surface area (Å²) < 4.78 is 24.2. The Labute approximate surface area is 355 Å². The molecule has 0 saturated heterocycles. The summed E-state index contributed by atoms with van der Waals surface area (Å²) in [7, 11) is 0. The molecule has 0 fully saturated rings. The van der Waals surface area contributed by atoms with Gasteiger partial charge in [-0.1, -0.05) is 122 Å². The van der Waals surface area contributed by atoms with Gasteiger partial charge in [-0.05, 0) is 105 Å². The van der Waals surface area contributed by atoms with Gasteiger partial charge in [0.05, 0.1) is 27.8 Å². The SMILES string of the molecule is CC(C)(C)c1ccc(-c2cc(N(c3ccc(C(C)(C)C)cc3)c3ccc(C(C)(C)C)cc3)c(Cl)c(N(c3ccc4c(c3)OCCO4)c3ccc4c(c3)OCCO4)c2)cc1. The van der Waals surface area contributed by atoms with Gasteiger partial charge >= 0.3 is 0 Å². The first-order chi connectivity index (χ1) is 28.0. The van der Waals surface area contributed by atoms with Crippen molar-refractivity contribution >= 4 is 45.7 Å². The van der Waals surface area contributed by atoms with E-state index in [1.165, 1.54) is 16.7 Å². The van der Waals surface area contributed by atoms with Crippen molar-refractivity contribution in [2.24, 2.45) is 0 Å². The van der Waals surface area contributed by atoms with Crippen LogP contribution in [0.2, 0.25) is 5.02 Å². The van der Waals surface area contributed by atoms with E-state index in [0.717, 1.165) is 45.3 Å². The molecule has 0 unspecified atom stereocenters. The van der Waals surface area contributed by atoms with Crippen LogP contribution in [0.5, 0.6) is 23.0 Å². The van der Waals surface area contributed by atoms with Gasteiger partial charge in [0.25, 0.3) is 0 Å². The summed E-state index contributed by atoms with van der Waals surface area (Å²) in [5.74, 6) is 2.79. The fraction of sp³-hybridized carbons (Fsp3) is 0.308. The van der Waals surface area contributed by atoms with E-state index in [1.54, 1.807) is 0 Å². The van der Waals surface area contributed by atoms with E-state index in [0.29, 0.717) is 54.4 Å². The van der Waals surface area contributed by atoms with Crippen LogP contribution in [0.4, 0.5) is 34.1 Å². The lowest BCUT2D eigenvalue weighted by Gasteiger charge is -2.33. The number of hydrogen-bond donors (Lipinski definition) is 0. The zero-order valence-electron chi connectivity index (χ0n) is 35.8. The van der Waals surface area contributed by atoms with Gasteiger partial charge in [-0.25, -0.2) is 0 Å². The van der Waals surface area contributed by atoms with Crippen LogP contribution >= 0.6 is 11.6 Å². The van der Waals surface area contributed by atoms with Crippen LogP contribution in [-0.4, -0.2) is 26.4 Å². The van der Waals surface area contributed by atoms with E-state index in [-0.39, 0.29) is 16.2 Å². The molecule has 2 aliphatic rings. The van der Waals surface area contributed by atoms with Crippen molar-refractivity contribution in [3.05, 3.63) is 143 Å². The number of halogens is 1. The lowest BCUT2D eigenvalue weighted by molar-refractivity contribution is 0.171. The molecule has 0 spiro atoms. The molecule has 8 rings (SSSR count). The maximum absolute atomic E-state index is 7.94. The highest BCUT2D eigenvalue weighted by atomic mass is 35.5. The second-order valence-corrected chi connectivity index (χ2v) is 19.0. The number of rotatable bonds is 7. The summed E-state index contributed by atoms with van der Waals surface area (Å²) in [6.45, 7) is 22.1. The van der Waals surface area contributed by atoms with Gasteiger partial charge in [-0.3, -0.25) is 0 Å². The molecule has 6 aromatic carbocycles. The third kappa shape index (κ3) is 8.33. The van der Waals surface area contributed by atoms with Crippen molar-refractivity contribution in [3.63, 3.8) is 0 Å². The zero-order chi connectivity index (χ0) is 41.7. The molecule has 7 heteroatoms. The Morgan fingerprint density at radius 1 is 0.373 bits per heavy atom. The minimum absolute atomic E-state index is 0.00454. The number of benzene rings is 6. The fourth-order valence-electron chi connectivity index (χ4n) is 7.67. The summed E-state index contributed by atoms with van der Waals surface area (Å²) in [6, 6.07) is 43.2. The normalized spacial score (nSPS) is 13.9. The first-order valence-electron chi connectivity index (χ1n) is 20.6. The van der Waals surface area contributed by atoms with E-state index in [2.05, 4.69) is 169 Å².